The third kappa shape index (κ3) is 2.86. The number of hydrogen-bond donors (Lipinski definition) is 1. The third-order valence-corrected chi connectivity index (χ3v) is 4.29. The van der Waals surface area contributed by atoms with Crippen molar-refractivity contribution in [3.05, 3.63) is 94.5 Å². The first-order valence-corrected chi connectivity index (χ1v) is 8.17. The predicted octanol–water partition coefficient (Wildman–Crippen LogP) is 5.35. The molecular weight excluding hydrogens is 326 g/mol. The molecule has 0 radical (unpaired) electrons. The highest BCUT2D eigenvalue weighted by Gasteiger charge is 2.11. The maximum Gasteiger partial charge on any atom is 0.294 e. The molecule has 126 valence electrons. The molecule has 0 aromatic heterocycles. The van der Waals surface area contributed by atoms with Crippen LogP contribution in [0.5, 0.6) is 0 Å². The second-order valence-electron chi connectivity index (χ2n) is 5.88. The molecule has 0 unspecified atom stereocenters. The van der Waals surface area contributed by atoms with Crippen LogP contribution in [0.4, 0.5) is 11.4 Å². The van der Waals surface area contributed by atoms with E-state index < -0.39 is 4.92 Å². The van der Waals surface area contributed by atoms with Gasteiger partial charge in [-0.25, -0.2) is 0 Å². The monoisotopic (exact) mass is 341 g/mol. The molecule has 0 bridgehead atoms. The normalized spacial score (nSPS) is 11.2. The molecule has 0 fully saturated rings. The van der Waals surface area contributed by atoms with Gasteiger partial charge in [0.05, 0.1) is 11.1 Å². The average Bonchev–Trinajstić information content (AvgIpc) is 2.67. The van der Waals surface area contributed by atoms with Gasteiger partial charge in [0.2, 0.25) is 0 Å². The molecule has 1 N–H and O–H groups in total. The average molecular weight is 341 g/mol. The highest BCUT2D eigenvalue weighted by Crippen LogP contribution is 2.28. The van der Waals surface area contributed by atoms with E-state index in [1.807, 2.05) is 36.4 Å². The standard InChI is InChI=1S/C21H15N3O2/c25-24(26)21-12-6-5-11-20(21)23-22-14-19-17-9-3-1-7-15(17)13-16-8-2-4-10-18(16)19/h1-14,23H/b22-14+. The molecule has 0 aliphatic rings. The van der Waals surface area contributed by atoms with Gasteiger partial charge in [-0.15, -0.1) is 0 Å². The third-order valence-electron chi connectivity index (χ3n) is 4.29. The number of para-hydroxylation sites is 2. The Morgan fingerprint density at radius 1 is 0.846 bits per heavy atom. The first kappa shape index (κ1) is 15.8. The van der Waals surface area contributed by atoms with E-state index in [1.165, 1.54) is 6.07 Å². The van der Waals surface area contributed by atoms with E-state index in [9.17, 15) is 10.1 Å². The number of nitro groups is 1. The highest BCUT2D eigenvalue weighted by atomic mass is 16.6. The number of anilines is 1. The van der Waals surface area contributed by atoms with Crippen LogP contribution in [0.15, 0.2) is 84.0 Å². The van der Waals surface area contributed by atoms with Crippen molar-refractivity contribution in [2.75, 3.05) is 5.43 Å². The molecular formula is C21H15N3O2. The molecule has 4 rings (SSSR count). The fraction of sp³-hybridized carbons (Fsp3) is 0. The van der Waals surface area contributed by atoms with Crippen LogP contribution in [0.1, 0.15) is 5.56 Å². The van der Waals surface area contributed by atoms with Gasteiger partial charge in [0, 0.05) is 11.6 Å². The van der Waals surface area contributed by atoms with Gasteiger partial charge in [0.15, 0.2) is 0 Å². The number of hydrogen-bond acceptors (Lipinski definition) is 4. The van der Waals surface area contributed by atoms with Crippen LogP contribution in [0.25, 0.3) is 21.5 Å². The molecule has 0 saturated carbocycles. The van der Waals surface area contributed by atoms with Crippen molar-refractivity contribution >= 4 is 39.1 Å². The van der Waals surface area contributed by atoms with Crippen LogP contribution >= 0.6 is 0 Å². The van der Waals surface area contributed by atoms with Crippen LogP contribution in [-0.2, 0) is 0 Å². The summed E-state index contributed by atoms with van der Waals surface area (Å²) >= 11 is 0. The topological polar surface area (TPSA) is 67.5 Å². The number of nitro benzene ring substituents is 1. The van der Waals surface area contributed by atoms with Crippen LogP contribution < -0.4 is 5.43 Å². The Bertz CT molecular complexity index is 1100. The molecule has 4 aromatic rings. The van der Waals surface area contributed by atoms with Crippen molar-refractivity contribution in [3.63, 3.8) is 0 Å². The second-order valence-corrected chi connectivity index (χ2v) is 5.88. The van der Waals surface area contributed by atoms with Gasteiger partial charge in [0.25, 0.3) is 5.69 Å². The fourth-order valence-corrected chi connectivity index (χ4v) is 3.08. The van der Waals surface area contributed by atoms with Gasteiger partial charge in [-0.2, -0.15) is 5.10 Å². The van der Waals surface area contributed by atoms with Crippen LogP contribution in [0.3, 0.4) is 0 Å². The molecule has 0 aliphatic carbocycles. The van der Waals surface area contributed by atoms with E-state index in [2.05, 4.69) is 28.7 Å². The van der Waals surface area contributed by atoms with E-state index in [-0.39, 0.29) is 5.69 Å². The van der Waals surface area contributed by atoms with Crippen molar-refractivity contribution in [1.29, 1.82) is 0 Å². The lowest BCUT2D eigenvalue weighted by Crippen LogP contribution is -1.97. The molecule has 4 aromatic carbocycles. The van der Waals surface area contributed by atoms with E-state index in [1.54, 1.807) is 24.4 Å². The van der Waals surface area contributed by atoms with Crippen molar-refractivity contribution < 1.29 is 4.92 Å². The zero-order valence-corrected chi connectivity index (χ0v) is 13.8. The first-order valence-electron chi connectivity index (χ1n) is 8.17. The summed E-state index contributed by atoms with van der Waals surface area (Å²) in [6.07, 6.45) is 1.72. The summed E-state index contributed by atoms with van der Waals surface area (Å²) < 4.78 is 0. The zero-order chi connectivity index (χ0) is 17.9. The molecule has 5 heteroatoms. The smallest absolute Gasteiger partial charge is 0.272 e. The predicted molar refractivity (Wildman–Crippen MR) is 106 cm³/mol. The van der Waals surface area contributed by atoms with E-state index in [4.69, 9.17) is 0 Å². The minimum absolute atomic E-state index is 0.00701. The molecule has 5 nitrogen and oxygen atoms in total. The molecule has 26 heavy (non-hydrogen) atoms. The summed E-state index contributed by atoms with van der Waals surface area (Å²) in [5.41, 5.74) is 4.13. The van der Waals surface area contributed by atoms with Crippen LogP contribution in [0.2, 0.25) is 0 Å². The summed E-state index contributed by atoms with van der Waals surface area (Å²) in [4.78, 5) is 10.7. The van der Waals surface area contributed by atoms with Crippen molar-refractivity contribution in [2.24, 2.45) is 5.10 Å². The van der Waals surface area contributed by atoms with E-state index >= 15 is 0 Å². The van der Waals surface area contributed by atoms with E-state index in [0.29, 0.717) is 5.69 Å². The van der Waals surface area contributed by atoms with Gasteiger partial charge < -0.3 is 0 Å². The van der Waals surface area contributed by atoms with E-state index in [0.717, 1.165) is 27.1 Å². The van der Waals surface area contributed by atoms with Crippen molar-refractivity contribution in [3.8, 4) is 0 Å². The Morgan fingerprint density at radius 3 is 2.08 bits per heavy atom. The summed E-state index contributed by atoms with van der Waals surface area (Å²) in [5.74, 6) is 0. The van der Waals surface area contributed by atoms with Crippen LogP contribution in [-0.4, -0.2) is 11.1 Å². The van der Waals surface area contributed by atoms with Crippen molar-refractivity contribution in [2.45, 2.75) is 0 Å². The highest BCUT2D eigenvalue weighted by molar-refractivity contribution is 6.13. The first-order chi connectivity index (χ1) is 12.7. The lowest BCUT2D eigenvalue weighted by molar-refractivity contribution is -0.384. The van der Waals surface area contributed by atoms with Gasteiger partial charge in [-0.1, -0.05) is 60.7 Å². The largest absolute Gasteiger partial charge is 0.294 e. The summed E-state index contributed by atoms with van der Waals surface area (Å²) in [6.45, 7) is 0. The SMILES string of the molecule is O=[N+]([O-])c1ccccc1N/N=C/c1c2ccccc2cc2ccccc12. The number of benzene rings is 4. The Morgan fingerprint density at radius 2 is 1.42 bits per heavy atom. The minimum Gasteiger partial charge on any atom is -0.272 e. The fourth-order valence-electron chi connectivity index (χ4n) is 3.08. The lowest BCUT2D eigenvalue weighted by atomic mass is 9.97. The minimum atomic E-state index is -0.425. The maximum atomic E-state index is 11.1. The Hall–Kier alpha value is -3.73. The summed E-state index contributed by atoms with van der Waals surface area (Å²) in [5, 5.41) is 19.8. The zero-order valence-electron chi connectivity index (χ0n) is 13.8. The Balaban J connectivity index is 1.79. The molecule has 0 spiro atoms. The number of nitrogens with zero attached hydrogens (tertiary/aromatic N) is 2. The number of rotatable bonds is 4. The molecule has 0 atom stereocenters. The summed E-state index contributed by atoms with van der Waals surface area (Å²) in [6, 6.07) is 24.8. The molecule has 0 saturated heterocycles. The van der Waals surface area contributed by atoms with Gasteiger partial charge in [0.1, 0.15) is 5.69 Å². The Labute approximate surface area is 149 Å². The quantitative estimate of drug-likeness (QED) is 0.235. The Kier molecular flexibility index (Phi) is 4.03. The lowest BCUT2D eigenvalue weighted by Gasteiger charge is -2.08. The number of hydrazone groups is 1. The second kappa shape index (κ2) is 6.64. The molecule has 0 heterocycles. The molecule has 0 amide bonds. The molecule has 0 aliphatic heterocycles. The van der Waals surface area contributed by atoms with Gasteiger partial charge in [-0.05, 0) is 33.7 Å². The number of fused-ring (bicyclic) bond motifs is 2. The van der Waals surface area contributed by atoms with Crippen molar-refractivity contribution in [1.82, 2.24) is 0 Å². The van der Waals surface area contributed by atoms with Gasteiger partial charge >= 0.3 is 0 Å². The maximum absolute atomic E-state index is 11.1. The number of nitrogens with one attached hydrogen (secondary N) is 1. The van der Waals surface area contributed by atoms with Gasteiger partial charge in [-0.3, -0.25) is 15.5 Å². The summed E-state index contributed by atoms with van der Waals surface area (Å²) in [7, 11) is 0. The van der Waals surface area contributed by atoms with Crippen LogP contribution in [0, 0.1) is 10.1 Å².